The molecule has 2 rings (SSSR count). The fourth-order valence-electron chi connectivity index (χ4n) is 2.33. The standard InChI is InChI=1S/C11H16OS.C6H12.CHF3O3S/c1-2-3-4-6-10(12)9-11-7-5-8-13-11;1-2-4-6-5-3-1;2-1(3,4)8(5,6)7/h5,7-8H,2-4,6,9H2,1H3;1-6H2;(H,5,6,7). The monoisotopic (exact) mass is 430 g/mol. The lowest BCUT2D eigenvalue weighted by atomic mass is 10.0. The van der Waals surface area contributed by atoms with Gasteiger partial charge < -0.3 is 0 Å². The van der Waals surface area contributed by atoms with Crippen LogP contribution in [0.4, 0.5) is 13.2 Å². The molecular formula is C18H29F3O4S2. The van der Waals surface area contributed by atoms with E-state index >= 15 is 0 Å². The Labute approximate surface area is 163 Å². The summed E-state index contributed by atoms with van der Waals surface area (Å²) in [4.78, 5) is 12.6. The van der Waals surface area contributed by atoms with Gasteiger partial charge in [-0.1, -0.05) is 64.4 Å². The van der Waals surface area contributed by atoms with E-state index in [9.17, 15) is 18.0 Å². The first-order valence-electron chi connectivity index (χ1n) is 9.15. The van der Waals surface area contributed by atoms with E-state index in [0.717, 1.165) is 12.8 Å². The maximum Gasteiger partial charge on any atom is 0.522 e. The quantitative estimate of drug-likeness (QED) is 0.333. The Morgan fingerprint density at radius 3 is 1.93 bits per heavy atom. The summed E-state index contributed by atoms with van der Waals surface area (Å²) in [5.41, 5.74) is -5.53. The zero-order valence-corrected chi connectivity index (χ0v) is 17.3. The minimum absolute atomic E-state index is 0.385. The van der Waals surface area contributed by atoms with Gasteiger partial charge in [-0.05, 0) is 17.9 Å². The van der Waals surface area contributed by atoms with Crippen molar-refractivity contribution in [2.24, 2.45) is 0 Å². The summed E-state index contributed by atoms with van der Waals surface area (Å²) in [5, 5.41) is 2.02. The molecule has 4 nitrogen and oxygen atoms in total. The molecule has 0 bridgehead atoms. The maximum absolute atomic E-state index is 11.4. The number of halogens is 3. The van der Waals surface area contributed by atoms with Crippen LogP contribution >= 0.6 is 11.3 Å². The number of hydrogen-bond donors (Lipinski definition) is 1. The number of thiophene rings is 1. The molecule has 1 aliphatic rings. The summed E-state index contributed by atoms with van der Waals surface area (Å²) in [5.74, 6) is 0.385. The number of alkyl halides is 3. The van der Waals surface area contributed by atoms with Gasteiger partial charge in [-0.3, -0.25) is 9.35 Å². The number of unbranched alkanes of at least 4 members (excludes halogenated alkanes) is 2. The van der Waals surface area contributed by atoms with Gasteiger partial charge in [0.1, 0.15) is 5.78 Å². The summed E-state index contributed by atoms with van der Waals surface area (Å²) in [6.45, 7) is 2.16. The highest BCUT2D eigenvalue weighted by Gasteiger charge is 2.44. The molecule has 158 valence electrons. The van der Waals surface area contributed by atoms with Crippen LogP contribution in [0.1, 0.15) is 76.0 Å². The second kappa shape index (κ2) is 14.1. The lowest BCUT2D eigenvalue weighted by Crippen LogP contribution is -2.21. The zero-order valence-electron chi connectivity index (χ0n) is 15.6. The number of ketones is 1. The largest absolute Gasteiger partial charge is 0.522 e. The third kappa shape index (κ3) is 14.8. The fourth-order valence-corrected chi connectivity index (χ4v) is 3.06. The molecule has 0 amide bonds. The van der Waals surface area contributed by atoms with Gasteiger partial charge in [-0.2, -0.15) is 21.6 Å². The Morgan fingerprint density at radius 1 is 1.11 bits per heavy atom. The lowest BCUT2D eigenvalue weighted by molar-refractivity contribution is -0.118. The van der Waals surface area contributed by atoms with E-state index in [2.05, 4.69) is 6.92 Å². The third-order valence-electron chi connectivity index (χ3n) is 3.80. The second-order valence-corrected chi connectivity index (χ2v) is 8.74. The predicted molar refractivity (Wildman–Crippen MR) is 102 cm³/mol. The molecule has 1 aromatic heterocycles. The summed E-state index contributed by atoms with van der Waals surface area (Å²) in [7, 11) is -5.84. The molecule has 27 heavy (non-hydrogen) atoms. The summed E-state index contributed by atoms with van der Waals surface area (Å²) in [6, 6.07) is 4.03. The topological polar surface area (TPSA) is 71.4 Å². The molecule has 1 N–H and O–H groups in total. The van der Waals surface area contributed by atoms with Crippen LogP contribution in [0.2, 0.25) is 0 Å². The molecule has 1 saturated carbocycles. The van der Waals surface area contributed by atoms with Crippen molar-refractivity contribution in [3.05, 3.63) is 22.4 Å². The first-order valence-corrected chi connectivity index (χ1v) is 11.5. The van der Waals surface area contributed by atoms with Crippen molar-refractivity contribution in [2.45, 2.75) is 83.1 Å². The van der Waals surface area contributed by atoms with E-state index in [1.807, 2.05) is 17.5 Å². The number of rotatable bonds is 6. The van der Waals surface area contributed by atoms with Gasteiger partial charge in [0, 0.05) is 17.7 Å². The highest BCUT2D eigenvalue weighted by molar-refractivity contribution is 7.86. The Bertz CT molecular complexity index is 581. The van der Waals surface area contributed by atoms with Gasteiger partial charge >= 0.3 is 15.6 Å². The van der Waals surface area contributed by atoms with E-state index in [-0.39, 0.29) is 0 Å². The average Bonchev–Trinajstić information content (AvgIpc) is 3.09. The first kappa shape index (κ1) is 26.1. The summed E-state index contributed by atoms with van der Waals surface area (Å²) < 4.78 is 57.5. The minimum atomic E-state index is -5.84. The predicted octanol–water partition coefficient (Wildman–Crippen LogP) is 6.17. The summed E-state index contributed by atoms with van der Waals surface area (Å²) >= 11 is 1.67. The molecule has 0 spiro atoms. The Balaban J connectivity index is 0.000000412. The van der Waals surface area contributed by atoms with Gasteiger partial charge in [-0.15, -0.1) is 11.3 Å². The van der Waals surface area contributed by atoms with Crippen LogP contribution < -0.4 is 0 Å². The average molecular weight is 431 g/mol. The Kier molecular flexibility index (Phi) is 13.6. The van der Waals surface area contributed by atoms with Crippen LogP contribution in [0.25, 0.3) is 0 Å². The molecule has 0 aliphatic heterocycles. The minimum Gasteiger partial charge on any atom is -0.299 e. The number of carbonyl (C=O) groups is 1. The molecule has 0 unspecified atom stereocenters. The molecule has 1 fully saturated rings. The zero-order chi connectivity index (χ0) is 20.8. The van der Waals surface area contributed by atoms with Crippen molar-refractivity contribution < 1.29 is 30.9 Å². The number of carbonyl (C=O) groups excluding carboxylic acids is 1. The highest BCUT2D eigenvalue weighted by atomic mass is 32.2. The van der Waals surface area contributed by atoms with Gasteiger partial charge in [0.15, 0.2) is 0 Å². The Hall–Kier alpha value is -0.930. The molecule has 0 aromatic carbocycles. The van der Waals surface area contributed by atoms with Crippen LogP contribution in [0.5, 0.6) is 0 Å². The van der Waals surface area contributed by atoms with Crippen molar-refractivity contribution in [3.8, 4) is 0 Å². The van der Waals surface area contributed by atoms with Crippen molar-refractivity contribution in [2.75, 3.05) is 0 Å². The van der Waals surface area contributed by atoms with Gasteiger partial charge in [0.2, 0.25) is 0 Å². The van der Waals surface area contributed by atoms with Crippen LogP contribution in [0.15, 0.2) is 17.5 Å². The molecule has 1 aromatic rings. The normalized spacial score (nSPS) is 14.4. The highest BCUT2D eigenvalue weighted by Crippen LogP contribution is 2.20. The molecule has 0 saturated heterocycles. The molecule has 1 aliphatic carbocycles. The van der Waals surface area contributed by atoms with Gasteiger partial charge in [-0.25, -0.2) is 0 Å². The van der Waals surface area contributed by atoms with Crippen molar-refractivity contribution >= 4 is 27.2 Å². The smallest absolute Gasteiger partial charge is 0.299 e. The van der Waals surface area contributed by atoms with Crippen molar-refractivity contribution in [1.82, 2.24) is 0 Å². The Morgan fingerprint density at radius 2 is 1.59 bits per heavy atom. The van der Waals surface area contributed by atoms with Crippen LogP contribution in [0.3, 0.4) is 0 Å². The van der Waals surface area contributed by atoms with E-state index in [1.165, 1.54) is 56.2 Å². The molecule has 9 heteroatoms. The van der Waals surface area contributed by atoms with Gasteiger partial charge in [0.25, 0.3) is 0 Å². The SMILES string of the molecule is C1CCCCC1.CCCCCC(=O)Cc1cccs1.O=S(=O)(O)C(F)(F)F. The second-order valence-electron chi connectivity index (χ2n) is 6.29. The fraction of sp³-hybridized carbons (Fsp3) is 0.722. The lowest BCUT2D eigenvalue weighted by Gasteiger charge is -2.05. The number of Topliss-reactive ketones (excluding diaryl/α,β-unsaturated/α-hetero) is 1. The maximum atomic E-state index is 11.4. The number of hydrogen-bond acceptors (Lipinski definition) is 4. The van der Waals surface area contributed by atoms with E-state index < -0.39 is 15.6 Å². The molecule has 0 radical (unpaired) electrons. The van der Waals surface area contributed by atoms with Crippen LogP contribution in [0, 0.1) is 0 Å². The van der Waals surface area contributed by atoms with E-state index in [0.29, 0.717) is 12.2 Å². The van der Waals surface area contributed by atoms with Crippen molar-refractivity contribution in [1.29, 1.82) is 0 Å². The molecule has 1 heterocycles. The van der Waals surface area contributed by atoms with E-state index in [4.69, 9.17) is 13.0 Å². The molecule has 0 atom stereocenters. The van der Waals surface area contributed by atoms with Crippen LogP contribution in [-0.4, -0.2) is 24.3 Å². The van der Waals surface area contributed by atoms with Crippen molar-refractivity contribution in [3.63, 3.8) is 0 Å². The molecular weight excluding hydrogens is 401 g/mol. The van der Waals surface area contributed by atoms with Crippen LogP contribution in [-0.2, 0) is 21.3 Å². The van der Waals surface area contributed by atoms with Gasteiger partial charge in [0.05, 0.1) is 0 Å². The van der Waals surface area contributed by atoms with E-state index in [1.54, 1.807) is 11.3 Å². The third-order valence-corrected chi connectivity index (χ3v) is 5.26. The first-order chi connectivity index (χ1) is 12.6. The summed E-state index contributed by atoms with van der Waals surface area (Å²) in [6.07, 6.45) is 13.8.